The van der Waals surface area contributed by atoms with Crippen molar-refractivity contribution in [3.05, 3.63) is 35.4 Å². The Morgan fingerprint density at radius 2 is 0.628 bits per heavy atom. The molecular weight excluding hydrogens is 544 g/mol. The standard InChI is InChI=1S/C33H58N6O4/c1-34(2)13-17-38(18-14-35(3)4)26-21-30(40-9)28(31(22-26)41-10)25-29-32(42-11)23-27(24-33(29)43-12)39(19-15-36(5)6)20-16-37(7)8/h21-24H,13-20,25H2,1-12H3. The molecule has 0 amide bonds. The lowest BCUT2D eigenvalue weighted by Gasteiger charge is -2.30. The van der Waals surface area contributed by atoms with E-state index >= 15 is 0 Å². The molecule has 43 heavy (non-hydrogen) atoms. The average molecular weight is 603 g/mol. The molecule has 0 saturated heterocycles. The van der Waals surface area contributed by atoms with Gasteiger partial charge >= 0.3 is 0 Å². The molecule has 0 fully saturated rings. The number of benzene rings is 2. The lowest BCUT2D eigenvalue weighted by atomic mass is 9.99. The fraction of sp³-hybridized carbons (Fsp3) is 0.636. The highest BCUT2D eigenvalue weighted by Crippen LogP contribution is 2.41. The van der Waals surface area contributed by atoms with Crippen LogP contribution in [-0.4, -0.2) is 157 Å². The molecule has 2 rings (SSSR count). The number of rotatable bonds is 20. The van der Waals surface area contributed by atoms with E-state index in [2.05, 4.69) is 110 Å². The van der Waals surface area contributed by atoms with Gasteiger partial charge in [-0.15, -0.1) is 0 Å². The summed E-state index contributed by atoms with van der Waals surface area (Å²) in [5, 5.41) is 0. The first-order valence-electron chi connectivity index (χ1n) is 15.0. The SMILES string of the molecule is COc1cc(N(CCN(C)C)CCN(C)C)cc(OC)c1Cc1c(OC)cc(N(CCN(C)C)CCN(C)C)cc1OC. The minimum atomic E-state index is 0.532. The molecule has 0 saturated carbocycles. The zero-order chi connectivity index (χ0) is 32.1. The van der Waals surface area contributed by atoms with Gasteiger partial charge in [-0.3, -0.25) is 0 Å². The van der Waals surface area contributed by atoms with Crippen LogP contribution in [0.25, 0.3) is 0 Å². The van der Waals surface area contributed by atoms with Gasteiger partial charge in [0.05, 0.1) is 28.4 Å². The van der Waals surface area contributed by atoms with Crippen LogP contribution in [-0.2, 0) is 6.42 Å². The van der Waals surface area contributed by atoms with Crippen molar-refractivity contribution in [2.45, 2.75) is 6.42 Å². The normalized spacial score (nSPS) is 11.5. The van der Waals surface area contributed by atoms with E-state index in [1.807, 2.05) is 0 Å². The largest absolute Gasteiger partial charge is 0.496 e. The highest BCUT2D eigenvalue weighted by molar-refractivity contribution is 5.65. The van der Waals surface area contributed by atoms with Crippen LogP contribution in [0.5, 0.6) is 23.0 Å². The number of likely N-dealkylation sites (N-methyl/N-ethyl adjacent to an activating group) is 4. The van der Waals surface area contributed by atoms with E-state index in [1.54, 1.807) is 28.4 Å². The summed E-state index contributed by atoms with van der Waals surface area (Å²) < 4.78 is 24.0. The first kappa shape index (κ1) is 36.3. The Labute approximate surface area is 261 Å². The van der Waals surface area contributed by atoms with Crippen LogP contribution >= 0.6 is 0 Å². The van der Waals surface area contributed by atoms with E-state index in [4.69, 9.17) is 18.9 Å². The highest BCUT2D eigenvalue weighted by atomic mass is 16.5. The molecule has 244 valence electrons. The molecule has 10 nitrogen and oxygen atoms in total. The summed E-state index contributed by atoms with van der Waals surface area (Å²) in [6.45, 7) is 7.37. The van der Waals surface area contributed by atoms with E-state index in [1.165, 1.54) is 0 Å². The van der Waals surface area contributed by atoms with E-state index in [0.717, 1.165) is 97.9 Å². The number of hydrogen-bond donors (Lipinski definition) is 0. The summed E-state index contributed by atoms with van der Waals surface area (Å²) in [4.78, 5) is 13.6. The summed E-state index contributed by atoms with van der Waals surface area (Å²) >= 11 is 0. The third-order valence-corrected chi connectivity index (χ3v) is 7.54. The maximum absolute atomic E-state index is 5.99. The van der Waals surface area contributed by atoms with Crippen molar-refractivity contribution in [3.8, 4) is 23.0 Å². The monoisotopic (exact) mass is 602 g/mol. The predicted octanol–water partition coefficient (Wildman–Crippen LogP) is 3.17. The summed E-state index contributed by atoms with van der Waals surface area (Å²) in [6.07, 6.45) is 0.532. The zero-order valence-electron chi connectivity index (χ0n) is 29.0. The van der Waals surface area contributed by atoms with Gasteiger partial charge in [0.15, 0.2) is 0 Å². The molecule has 0 unspecified atom stereocenters. The molecule has 2 aromatic rings. The van der Waals surface area contributed by atoms with Crippen molar-refractivity contribution in [3.63, 3.8) is 0 Å². The minimum absolute atomic E-state index is 0.532. The van der Waals surface area contributed by atoms with E-state index in [-0.39, 0.29) is 0 Å². The molecule has 0 aliphatic carbocycles. The van der Waals surface area contributed by atoms with Crippen molar-refractivity contribution >= 4 is 11.4 Å². The second kappa shape index (κ2) is 18.0. The van der Waals surface area contributed by atoms with Gasteiger partial charge in [-0.05, 0) is 56.4 Å². The Bertz CT molecular complexity index is 949. The smallest absolute Gasteiger partial charge is 0.128 e. The second-order valence-corrected chi connectivity index (χ2v) is 12.0. The maximum Gasteiger partial charge on any atom is 0.128 e. The second-order valence-electron chi connectivity index (χ2n) is 12.0. The molecule has 0 aliphatic heterocycles. The van der Waals surface area contributed by atoms with Crippen LogP contribution in [0.2, 0.25) is 0 Å². The fourth-order valence-corrected chi connectivity index (χ4v) is 4.85. The zero-order valence-corrected chi connectivity index (χ0v) is 29.0. The minimum Gasteiger partial charge on any atom is -0.496 e. The molecular formula is C33H58N6O4. The third kappa shape index (κ3) is 11.3. The maximum atomic E-state index is 5.99. The number of methoxy groups -OCH3 is 4. The molecule has 2 aromatic carbocycles. The van der Waals surface area contributed by atoms with Crippen LogP contribution in [0.4, 0.5) is 11.4 Å². The lowest BCUT2D eigenvalue weighted by Crippen LogP contribution is -2.36. The highest BCUT2D eigenvalue weighted by Gasteiger charge is 2.22. The number of hydrogen-bond acceptors (Lipinski definition) is 10. The van der Waals surface area contributed by atoms with Gasteiger partial charge in [0.25, 0.3) is 0 Å². The van der Waals surface area contributed by atoms with E-state index in [9.17, 15) is 0 Å². The van der Waals surface area contributed by atoms with Crippen LogP contribution in [0.15, 0.2) is 24.3 Å². The first-order chi connectivity index (χ1) is 20.4. The number of nitrogens with zero attached hydrogens (tertiary/aromatic N) is 6. The molecule has 0 atom stereocenters. The van der Waals surface area contributed by atoms with E-state index < -0.39 is 0 Å². The number of ether oxygens (including phenoxy) is 4. The van der Waals surface area contributed by atoms with Crippen LogP contribution in [0.3, 0.4) is 0 Å². The summed E-state index contributed by atoms with van der Waals surface area (Å²) in [7, 11) is 23.7. The van der Waals surface area contributed by atoms with Gasteiger partial charge in [0, 0.05) is 106 Å². The molecule has 0 bridgehead atoms. The third-order valence-electron chi connectivity index (χ3n) is 7.54. The van der Waals surface area contributed by atoms with Gasteiger partial charge in [-0.1, -0.05) is 0 Å². The van der Waals surface area contributed by atoms with Crippen LogP contribution in [0, 0.1) is 0 Å². The predicted molar refractivity (Wildman–Crippen MR) is 181 cm³/mol. The fourth-order valence-electron chi connectivity index (χ4n) is 4.85. The van der Waals surface area contributed by atoms with E-state index in [0.29, 0.717) is 6.42 Å². The van der Waals surface area contributed by atoms with Gasteiger partial charge < -0.3 is 48.3 Å². The Morgan fingerprint density at radius 1 is 0.395 bits per heavy atom. The quantitative estimate of drug-likeness (QED) is 0.226. The molecule has 0 spiro atoms. The van der Waals surface area contributed by atoms with Gasteiger partial charge in [-0.25, -0.2) is 0 Å². The van der Waals surface area contributed by atoms with Crippen LogP contribution < -0.4 is 28.7 Å². The van der Waals surface area contributed by atoms with Crippen molar-refractivity contribution in [2.75, 3.05) is 147 Å². The van der Waals surface area contributed by atoms with Gasteiger partial charge in [0.1, 0.15) is 23.0 Å². The first-order valence-corrected chi connectivity index (χ1v) is 15.0. The Hall–Kier alpha value is -2.92. The molecule has 0 heterocycles. The van der Waals surface area contributed by atoms with Crippen molar-refractivity contribution in [1.29, 1.82) is 0 Å². The summed E-state index contributed by atoms with van der Waals surface area (Å²) in [6, 6.07) is 8.50. The molecule has 0 aliphatic rings. The summed E-state index contributed by atoms with van der Waals surface area (Å²) in [5.41, 5.74) is 4.06. The van der Waals surface area contributed by atoms with Crippen molar-refractivity contribution < 1.29 is 18.9 Å². The van der Waals surface area contributed by atoms with Gasteiger partial charge in [0.2, 0.25) is 0 Å². The summed E-state index contributed by atoms with van der Waals surface area (Å²) in [5.74, 6) is 3.11. The Morgan fingerprint density at radius 3 is 0.814 bits per heavy atom. The molecule has 0 radical (unpaired) electrons. The van der Waals surface area contributed by atoms with Crippen molar-refractivity contribution in [1.82, 2.24) is 19.6 Å². The lowest BCUT2D eigenvalue weighted by molar-refractivity contribution is 0.375. The molecule has 0 aromatic heterocycles. The molecule has 10 heteroatoms. The van der Waals surface area contributed by atoms with Crippen LogP contribution in [0.1, 0.15) is 11.1 Å². The van der Waals surface area contributed by atoms with Gasteiger partial charge in [-0.2, -0.15) is 0 Å². The number of anilines is 2. The average Bonchev–Trinajstić information content (AvgIpc) is 2.96. The Kier molecular flexibility index (Phi) is 15.2. The Balaban J connectivity index is 2.56. The van der Waals surface area contributed by atoms with Crippen molar-refractivity contribution in [2.24, 2.45) is 0 Å². The topological polar surface area (TPSA) is 56.4 Å². The molecule has 0 N–H and O–H groups in total.